The average molecular weight is 257 g/mol. The molecule has 5 nitrogen and oxygen atoms in total. The Labute approximate surface area is 108 Å². The van der Waals surface area contributed by atoms with Gasteiger partial charge in [0.15, 0.2) is 0 Å². The van der Waals surface area contributed by atoms with Crippen molar-refractivity contribution in [1.82, 2.24) is 4.90 Å². The zero-order valence-electron chi connectivity index (χ0n) is 11.5. The SMILES string of the molecule is CC(CC(=O)N1C[C@H](O)C[C@H]1C(=O)O)C(C)(C)C. The first kappa shape index (κ1) is 15.0. The highest BCUT2D eigenvalue weighted by Gasteiger charge is 2.39. The maximum Gasteiger partial charge on any atom is 0.326 e. The van der Waals surface area contributed by atoms with Gasteiger partial charge in [0.2, 0.25) is 5.91 Å². The zero-order chi connectivity index (χ0) is 14.1. The van der Waals surface area contributed by atoms with Crippen LogP contribution in [-0.4, -0.2) is 45.7 Å². The van der Waals surface area contributed by atoms with Crippen LogP contribution in [0.1, 0.15) is 40.5 Å². The second-order valence-electron chi connectivity index (χ2n) is 6.26. The molecule has 1 fully saturated rings. The summed E-state index contributed by atoms with van der Waals surface area (Å²) in [4.78, 5) is 24.5. The summed E-state index contributed by atoms with van der Waals surface area (Å²) in [5.74, 6) is -1.05. The molecule has 104 valence electrons. The van der Waals surface area contributed by atoms with Crippen LogP contribution in [0.3, 0.4) is 0 Å². The zero-order valence-corrected chi connectivity index (χ0v) is 11.5. The Kier molecular flexibility index (Phi) is 4.37. The van der Waals surface area contributed by atoms with E-state index in [0.717, 1.165) is 0 Å². The van der Waals surface area contributed by atoms with Gasteiger partial charge in [-0.1, -0.05) is 27.7 Å². The van der Waals surface area contributed by atoms with Gasteiger partial charge in [0.1, 0.15) is 6.04 Å². The summed E-state index contributed by atoms with van der Waals surface area (Å²) in [7, 11) is 0. The Balaban J connectivity index is 2.69. The first-order chi connectivity index (χ1) is 8.12. The van der Waals surface area contributed by atoms with Crippen molar-refractivity contribution >= 4 is 11.9 Å². The van der Waals surface area contributed by atoms with Crippen molar-refractivity contribution in [2.24, 2.45) is 11.3 Å². The van der Waals surface area contributed by atoms with E-state index < -0.39 is 18.1 Å². The highest BCUT2D eigenvalue weighted by atomic mass is 16.4. The van der Waals surface area contributed by atoms with Crippen LogP contribution in [-0.2, 0) is 9.59 Å². The molecule has 2 N–H and O–H groups in total. The van der Waals surface area contributed by atoms with E-state index in [9.17, 15) is 14.7 Å². The minimum absolute atomic E-state index is 0.00667. The van der Waals surface area contributed by atoms with Gasteiger partial charge < -0.3 is 15.1 Å². The van der Waals surface area contributed by atoms with E-state index in [1.54, 1.807) is 0 Å². The van der Waals surface area contributed by atoms with Crippen LogP contribution in [0, 0.1) is 11.3 Å². The molecule has 0 spiro atoms. The van der Waals surface area contributed by atoms with Gasteiger partial charge in [0.25, 0.3) is 0 Å². The van der Waals surface area contributed by atoms with E-state index in [4.69, 9.17) is 5.11 Å². The van der Waals surface area contributed by atoms with Gasteiger partial charge in [-0.15, -0.1) is 0 Å². The molecule has 0 radical (unpaired) electrons. The molecule has 0 bridgehead atoms. The average Bonchev–Trinajstić information content (AvgIpc) is 2.58. The Morgan fingerprint density at radius 2 is 1.94 bits per heavy atom. The summed E-state index contributed by atoms with van der Waals surface area (Å²) in [6, 6.07) is -0.875. The predicted molar refractivity (Wildman–Crippen MR) is 67.0 cm³/mol. The summed E-state index contributed by atoms with van der Waals surface area (Å²) in [6.45, 7) is 8.28. The van der Waals surface area contributed by atoms with Crippen LogP contribution >= 0.6 is 0 Å². The minimum atomic E-state index is -1.04. The lowest BCUT2D eigenvalue weighted by atomic mass is 9.80. The molecule has 1 unspecified atom stereocenters. The molecule has 5 heteroatoms. The monoisotopic (exact) mass is 257 g/mol. The van der Waals surface area contributed by atoms with Gasteiger partial charge in [0.05, 0.1) is 6.10 Å². The second kappa shape index (κ2) is 5.26. The highest BCUT2D eigenvalue weighted by molar-refractivity contribution is 5.84. The molecular weight excluding hydrogens is 234 g/mol. The quantitative estimate of drug-likeness (QED) is 0.793. The second-order valence-corrected chi connectivity index (χ2v) is 6.26. The molecule has 0 aliphatic carbocycles. The molecule has 0 saturated carbocycles. The molecule has 1 aliphatic rings. The number of carboxylic acid groups (broad SMARTS) is 1. The number of β-amino-alcohol motifs (C(OH)–C–C–N with tert-alkyl or cyclic N) is 1. The lowest BCUT2D eigenvalue weighted by molar-refractivity contribution is -0.148. The summed E-state index contributed by atoms with van der Waals surface area (Å²) in [5, 5.41) is 18.5. The molecular formula is C13H23NO4. The molecule has 1 saturated heterocycles. The Hall–Kier alpha value is -1.10. The van der Waals surface area contributed by atoms with Crippen molar-refractivity contribution in [1.29, 1.82) is 0 Å². The van der Waals surface area contributed by atoms with Crippen LogP contribution in [0.4, 0.5) is 0 Å². The van der Waals surface area contributed by atoms with E-state index in [1.165, 1.54) is 4.90 Å². The first-order valence-corrected chi connectivity index (χ1v) is 6.33. The Morgan fingerprint density at radius 1 is 1.39 bits per heavy atom. The van der Waals surface area contributed by atoms with Crippen LogP contribution < -0.4 is 0 Å². The number of nitrogens with zero attached hydrogens (tertiary/aromatic N) is 1. The number of aliphatic hydroxyl groups excluding tert-OH is 1. The third-order valence-corrected chi connectivity index (χ3v) is 3.84. The predicted octanol–water partition coefficient (Wildman–Crippen LogP) is 1.11. The number of carbonyl (C=O) groups excluding carboxylic acids is 1. The fourth-order valence-electron chi connectivity index (χ4n) is 2.01. The molecule has 1 heterocycles. The van der Waals surface area contributed by atoms with Crippen molar-refractivity contribution in [2.75, 3.05) is 6.54 Å². The van der Waals surface area contributed by atoms with E-state index in [-0.39, 0.29) is 30.2 Å². The molecule has 1 amide bonds. The van der Waals surface area contributed by atoms with Gasteiger partial charge >= 0.3 is 5.97 Å². The molecule has 3 atom stereocenters. The van der Waals surface area contributed by atoms with Gasteiger partial charge in [-0.3, -0.25) is 4.79 Å². The van der Waals surface area contributed by atoms with Crippen molar-refractivity contribution in [3.63, 3.8) is 0 Å². The standard InChI is InChI=1S/C13H23NO4/c1-8(13(2,3)4)5-11(16)14-7-9(15)6-10(14)12(17)18/h8-10,15H,5-7H2,1-4H3,(H,17,18)/t8?,9-,10+/m1/s1. The number of likely N-dealkylation sites (tertiary alicyclic amines) is 1. The normalized spacial score (nSPS) is 26.2. The number of aliphatic carboxylic acids is 1. The van der Waals surface area contributed by atoms with Gasteiger partial charge in [-0.05, 0) is 11.3 Å². The van der Waals surface area contributed by atoms with Crippen molar-refractivity contribution in [3.05, 3.63) is 0 Å². The highest BCUT2D eigenvalue weighted by Crippen LogP contribution is 2.30. The maximum atomic E-state index is 12.1. The molecule has 18 heavy (non-hydrogen) atoms. The van der Waals surface area contributed by atoms with Gasteiger partial charge in [-0.2, -0.15) is 0 Å². The summed E-state index contributed by atoms with van der Waals surface area (Å²) in [6.07, 6.45) is -0.273. The third-order valence-electron chi connectivity index (χ3n) is 3.84. The molecule has 0 aromatic heterocycles. The molecule has 0 aromatic rings. The Morgan fingerprint density at radius 3 is 2.39 bits per heavy atom. The topological polar surface area (TPSA) is 77.8 Å². The first-order valence-electron chi connectivity index (χ1n) is 6.33. The smallest absolute Gasteiger partial charge is 0.326 e. The minimum Gasteiger partial charge on any atom is -0.480 e. The maximum absolute atomic E-state index is 12.1. The molecule has 1 aliphatic heterocycles. The van der Waals surface area contributed by atoms with E-state index in [0.29, 0.717) is 6.42 Å². The van der Waals surface area contributed by atoms with Crippen LogP contribution in [0.5, 0.6) is 0 Å². The van der Waals surface area contributed by atoms with E-state index in [1.807, 2.05) is 6.92 Å². The fourth-order valence-corrected chi connectivity index (χ4v) is 2.01. The molecule has 1 rings (SSSR count). The summed E-state index contributed by atoms with van der Waals surface area (Å²) >= 11 is 0. The number of aliphatic hydroxyl groups is 1. The number of carboxylic acids is 1. The van der Waals surface area contributed by atoms with Crippen LogP contribution in [0.25, 0.3) is 0 Å². The van der Waals surface area contributed by atoms with E-state index in [2.05, 4.69) is 20.8 Å². The van der Waals surface area contributed by atoms with Gasteiger partial charge in [0, 0.05) is 19.4 Å². The van der Waals surface area contributed by atoms with Crippen molar-refractivity contribution in [3.8, 4) is 0 Å². The fraction of sp³-hybridized carbons (Fsp3) is 0.846. The van der Waals surface area contributed by atoms with E-state index >= 15 is 0 Å². The largest absolute Gasteiger partial charge is 0.480 e. The summed E-state index contributed by atoms with van der Waals surface area (Å²) in [5.41, 5.74) is 0.00667. The third kappa shape index (κ3) is 3.45. The summed E-state index contributed by atoms with van der Waals surface area (Å²) < 4.78 is 0. The number of hydrogen-bond acceptors (Lipinski definition) is 3. The lowest BCUT2D eigenvalue weighted by Gasteiger charge is -2.29. The lowest BCUT2D eigenvalue weighted by Crippen LogP contribution is -2.41. The number of hydrogen-bond donors (Lipinski definition) is 2. The number of amides is 1. The van der Waals surface area contributed by atoms with Crippen LogP contribution in [0.15, 0.2) is 0 Å². The number of carbonyl (C=O) groups is 2. The van der Waals surface area contributed by atoms with Crippen molar-refractivity contribution < 1.29 is 19.8 Å². The number of rotatable bonds is 3. The Bertz CT molecular complexity index is 334. The van der Waals surface area contributed by atoms with Gasteiger partial charge in [-0.25, -0.2) is 4.79 Å². The van der Waals surface area contributed by atoms with Crippen LogP contribution in [0.2, 0.25) is 0 Å². The molecule has 0 aromatic carbocycles. The van der Waals surface area contributed by atoms with Crippen molar-refractivity contribution in [2.45, 2.75) is 52.7 Å².